The lowest BCUT2D eigenvalue weighted by atomic mass is 10.3. The first-order valence-electron chi connectivity index (χ1n) is 4.00. The molecule has 0 amide bonds. The maximum atomic E-state index is 5.60. The quantitative estimate of drug-likeness (QED) is 0.635. The Balaban J connectivity index is 2.44. The molecule has 0 aliphatic heterocycles. The molecular weight excluding hydrogens is 176 g/mol. The fourth-order valence-electron chi connectivity index (χ4n) is 0.988. The smallest absolute Gasteiger partial charge is 0.0226 e. The molecule has 0 aromatic carbocycles. The molecule has 0 spiro atoms. The number of alkyl halides is 1. The lowest BCUT2D eigenvalue weighted by Crippen LogP contribution is -1.79. The Labute approximate surface area is 77.2 Å². The van der Waals surface area contributed by atoms with Gasteiger partial charge in [-0.15, -0.1) is 22.9 Å². The van der Waals surface area contributed by atoms with Gasteiger partial charge in [-0.2, -0.15) is 0 Å². The monoisotopic (exact) mass is 188 g/mol. The number of hydrogen-bond acceptors (Lipinski definition) is 1. The van der Waals surface area contributed by atoms with Gasteiger partial charge in [0.15, 0.2) is 0 Å². The molecule has 1 aromatic heterocycles. The topological polar surface area (TPSA) is 0 Å². The summed E-state index contributed by atoms with van der Waals surface area (Å²) in [5, 5.41) is 0. The van der Waals surface area contributed by atoms with Crippen molar-refractivity contribution in [2.24, 2.45) is 0 Å². The van der Waals surface area contributed by atoms with Crippen LogP contribution in [0.3, 0.4) is 0 Å². The number of thiophene rings is 1. The van der Waals surface area contributed by atoms with Crippen molar-refractivity contribution in [3.8, 4) is 0 Å². The molecule has 0 aliphatic rings. The molecule has 1 rings (SSSR count). The fourth-order valence-corrected chi connectivity index (χ4v) is 2.12. The van der Waals surface area contributed by atoms with Crippen LogP contribution < -0.4 is 0 Å². The molecule has 0 aliphatic carbocycles. The van der Waals surface area contributed by atoms with E-state index < -0.39 is 0 Å². The zero-order chi connectivity index (χ0) is 8.10. The number of hydrogen-bond donors (Lipinski definition) is 0. The summed E-state index contributed by atoms with van der Waals surface area (Å²) in [6, 6.07) is 4.43. The van der Waals surface area contributed by atoms with Crippen molar-refractivity contribution in [2.75, 3.05) is 5.88 Å². The van der Waals surface area contributed by atoms with E-state index in [4.69, 9.17) is 11.6 Å². The minimum Gasteiger partial charge on any atom is -0.145 e. The molecule has 1 heterocycles. The summed E-state index contributed by atoms with van der Waals surface area (Å²) in [4.78, 5) is 2.96. The SMILES string of the molecule is CCc1ccc(CCCCl)s1. The first-order valence-corrected chi connectivity index (χ1v) is 5.35. The van der Waals surface area contributed by atoms with Crippen molar-refractivity contribution in [3.05, 3.63) is 21.9 Å². The molecule has 0 saturated carbocycles. The fraction of sp³-hybridized carbons (Fsp3) is 0.556. The van der Waals surface area contributed by atoms with Gasteiger partial charge < -0.3 is 0 Å². The normalized spacial score (nSPS) is 10.4. The van der Waals surface area contributed by atoms with Gasteiger partial charge in [-0.05, 0) is 31.4 Å². The van der Waals surface area contributed by atoms with Gasteiger partial charge in [-0.25, -0.2) is 0 Å². The summed E-state index contributed by atoms with van der Waals surface area (Å²) in [5.74, 6) is 0.777. The van der Waals surface area contributed by atoms with E-state index in [1.807, 2.05) is 11.3 Å². The van der Waals surface area contributed by atoms with Crippen LogP contribution in [0.4, 0.5) is 0 Å². The highest BCUT2D eigenvalue weighted by Crippen LogP contribution is 2.18. The van der Waals surface area contributed by atoms with E-state index in [1.165, 1.54) is 9.75 Å². The maximum absolute atomic E-state index is 5.60. The van der Waals surface area contributed by atoms with Crippen LogP contribution in [-0.2, 0) is 12.8 Å². The van der Waals surface area contributed by atoms with Crippen molar-refractivity contribution >= 4 is 22.9 Å². The van der Waals surface area contributed by atoms with Gasteiger partial charge in [0.1, 0.15) is 0 Å². The summed E-state index contributed by atoms with van der Waals surface area (Å²) >= 11 is 7.51. The van der Waals surface area contributed by atoms with Gasteiger partial charge in [0.2, 0.25) is 0 Å². The summed E-state index contributed by atoms with van der Waals surface area (Å²) in [7, 11) is 0. The van der Waals surface area contributed by atoms with E-state index in [1.54, 1.807) is 0 Å². The second kappa shape index (κ2) is 4.78. The number of rotatable bonds is 4. The van der Waals surface area contributed by atoms with Crippen LogP contribution in [0, 0.1) is 0 Å². The second-order valence-electron chi connectivity index (χ2n) is 2.51. The Morgan fingerprint density at radius 1 is 1.36 bits per heavy atom. The highest BCUT2D eigenvalue weighted by molar-refractivity contribution is 7.11. The average Bonchev–Trinajstić information content (AvgIpc) is 2.48. The average molecular weight is 189 g/mol. The first kappa shape index (κ1) is 9.08. The Hall–Kier alpha value is -0.0100. The first-order chi connectivity index (χ1) is 5.36. The Kier molecular flexibility index (Phi) is 3.95. The molecule has 62 valence electrons. The van der Waals surface area contributed by atoms with E-state index in [0.29, 0.717) is 0 Å². The second-order valence-corrected chi connectivity index (χ2v) is 4.14. The molecule has 2 heteroatoms. The third-order valence-electron chi connectivity index (χ3n) is 1.62. The predicted octanol–water partition coefficient (Wildman–Crippen LogP) is 3.48. The molecule has 0 saturated heterocycles. The molecule has 11 heavy (non-hydrogen) atoms. The van der Waals surface area contributed by atoms with Crippen LogP contribution >= 0.6 is 22.9 Å². The molecule has 0 unspecified atom stereocenters. The third-order valence-corrected chi connectivity index (χ3v) is 3.18. The van der Waals surface area contributed by atoms with E-state index in [0.717, 1.165) is 25.1 Å². The third kappa shape index (κ3) is 2.84. The van der Waals surface area contributed by atoms with Crippen molar-refractivity contribution < 1.29 is 0 Å². The van der Waals surface area contributed by atoms with E-state index in [9.17, 15) is 0 Å². The highest BCUT2D eigenvalue weighted by atomic mass is 35.5. The minimum absolute atomic E-state index is 0.777. The molecule has 0 radical (unpaired) electrons. The maximum Gasteiger partial charge on any atom is 0.0226 e. The van der Waals surface area contributed by atoms with Gasteiger partial charge in [-0.3, -0.25) is 0 Å². The van der Waals surface area contributed by atoms with Crippen molar-refractivity contribution in [1.29, 1.82) is 0 Å². The molecule has 1 aromatic rings. The molecular formula is C9H13ClS. The summed E-state index contributed by atoms with van der Waals surface area (Å²) < 4.78 is 0. The van der Waals surface area contributed by atoms with E-state index in [2.05, 4.69) is 19.1 Å². The molecule has 0 atom stereocenters. The van der Waals surface area contributed by atoms with Crippen molar-refractivity contribution in [3.63, 3.8) is 0 Å². The van der Waals surface area contributed by atoms with Crippen LogP contribution in [-0.4, -0.2) is 5.88 Å². The lowest BCUT2D eigenvalue weighted by molar-refractivity contribution is 0.947. The Morgan fingerprint density at radius 2 is 2.09 bits per heavy atom. The molecule has 0 nitrogen and oxygen atoms in total. The lowest BCUT2D eigenvalue weighted by Gasteiger charge is -1.90. The van der Waals surface area contributed by atoms with E-state index >= 15 is 0 Å². The van der Waals surface area contributed by atoms with Gasteiger partial charge in [0.05, 0.1) is 0 Å². The summed E-state index contributed by atoms with van der Waals surface area (Å²) in [6.07, 6.45) is 3.41. The van der Waals surface area contributed by atoms with Crippen LogP contribution in [0.25, 0.3) is 0 Å². The zero-order valence-corrected chi connectivity index (χ0v) is 8.34. The summed E-state index contributed by atoms with van der Waals surface area (Å²) in [5.41, 5.74) is 0. The van der Waals surface area contributed by atoms with Crippen LogP contribution in [0.15, 0.2) is 12.1 Å². The minimum atomic E-state index is 0.777. The van der Waals surface area contributed by atoms with Crippen LogP contribution in [0.5, 0.6) is 0 Å². The highest BCUT2D eigenvalue weighted by Gasteiger charge is 1.96. The Bertz CT molecular complexity index is 205. The van der Waals surface area contributed by atoms with E-state index in [-0.39, 0.29) is 0 Å². The van der Waals surface area contributed by atoms with Gasteiger partial charge in [0, 0.05) is 15.6 Å². The molecule has 0 bridgehead atoms. The standard InChI is InChI=1S/C9H13ClS/c1-2-8-5-6-9(11-8)4-3-7-10/h5-6H,2-4,7H2,1H3. The van der Waals surface area contributed by atoms with Crippen molar-refractivity contribution in [2.45, 2.75) is 26.2 Å². The van der Waals surface area contributed by atoms with Crippen molar-refractivity contribution in [1.82, 2.24) is 0 Å². The number of halogens is 1. The van der Waals surface area contributed by atoms with Gasteiger partial charge >= 0.3 is 0 Å². The van der Waals surface area contributed by atoms with Gasteiger partial charge in [-0.1, -0.05) is 6.92 Å². The van der Waals surface area contributed by atoms with Crippen LogP contribution in [0.1, 0.15) is 23.1 Å². The molecule has 0 N–H and O–H groups in total. The van der Waals surface area contributed by atoms with Gasteiger partial charge in [0.25, 0.3) is 0 Å². The zero-order valence-electron chi connectivity index (χ0n) is 6.77. The largest absolute Gasteiger partial charge is 0.145 e. The number of aryl methyl sites for hydroxylation is 2. The summed E-state index contributed by atoms with van der Waals surface area (Å²) in [6.45, 7) is 2.19. The Morgan fingerprint density at radius 3 is 2.64 bits per heavy atom. The predicted molar refractivity (Wildman–Crippen MR) is 52.7 cm³/mol. The van der Waals surface area contributed by atoms with Crippen LogP contribution in [0.2, 0.25) is 0 Å². The molecule has 0 fully saturated rings.